The number of anilines is 1. The first-order chi connectivity index (χ1) is 12.4. The van der Waals surface area contributed by atoms with Crippen LogP contribution in [-0.2, 0) is 4.79 Å². The largest absolute Gasteiger partial charge is 0.325 e. The lowest BCUT2D eigenvalue weighted by Crippen LogP contribution is -2.15. The van der Waals surface area contributed by atoms with E-state index in [1.54, 1.807) is 6.33 Å². The summed E-state index contributed by atoms with van der Waals surface area (Å²) in [5, 5.41) is 12.3. The van der Waals surface area contributed by atoms with Crippen molar-refractivity contribution in [1.82, 2.24) is 14.8 Å². The molecule has 0 aliphatic heterocycles. The van der Waals surface area contributed by atoms with Crippen LogP contribution in [0.25, 0.3) is 5.69 Å². The van der Waals surface area contributed by atoms with Crippen LogP contribution in [0, 0.1) is 20.8 Å². The lowest BCUT2D eigenvalue weighted by Gasteiger charge is -2.10. The van der Waals surface area contributed by atoms with E-state index in [9.17, 15) is 4.79 Å². The number of nitrogens with zero attached hydrogens (tertiary/aromatic N) is 3. The van der Waals surface area contributed by atoms with Gasteiger partial charge in [0.25, 0.3) is 0 Å². The number of halogens is 1. The standard InChI is InChI=1S/C19H19ClN4OS/c1-12-4-5-14(3)17(8-12)22-18(25)10-26-19-23-21-11-24(19)15-7-6-13(2)16(20)9-15/h4-9,11H,10H2,1-3H3,(H,22,25). The number of hydrogen-bond acceptors (Lipinski definition) is 4. The smallest absolute Gasteiger partial charge is 0.234 e. The Morgan fingerprint density at radius 1 is 1.15 bits per heavy atom. The number of carbonyl (C=O) groups excluding carboxylic acids is 1. The van der Waals surface area contributed by atoms with E-state index in [4.69, 9.17) is 11.6 Å². The van der Waals surface area contributed by atoms with Gasteiger partial charge >= 0.3 is 0 Å². The minimum absolute atomic E-state index is 0.0832. The third kappa shape index (κ3) is 4.26. The molecule has 26 heavy (non-hydrogen) atoms. The van der Waals surface area contributed by atoms with Gasteiger partial charge in [0.05, 0.1) is 11.4 Å². The van der Waals surface area contributed by atoms with Crippen molar-refractivity contribution in [1.29, 1.82) is 0 Å². The molecule has 1 N–H and O–H groups in total. The van der Waals surface area contributed by atoms with Crippen LogP contribution in [0.4, 0.5) is 5.69 Å². The van der Waals surface area contributed by atoms with Gasteiger partial charge in [-0.3, -0.25) is 9.36 Å². The van der Waals surface area contributed by atoms with E-state index in [1.165, 1.54) is 11.8 Å². The molecule has 0 bridgehead atoms. The van der Waals surface area contributed by atoms with Gasteiger partial charge in [-0.2, -0.15) is 0 Å². The Morgan fingerprint density at radius 2 is 1.92 bits per heavy atom. The Kier molecular flexibility index (Phi) is 5.64. The summed E-state index contributed by atoms with van der Waals surface area (Å²) in [4.78, 5) is 12.3. The number of hydrogen-bond donors (Lipinski definition) is 1. The topological polar surface area (TPSA) is 59.8 Å². The van der Waals surface area contributed by atoms with E-state index in [1.807, 2.05) is 61.7 Å². The Bertz CT molecular complexity index is 954. The van der Waals surface area contributed by atoms with Crippen LogP contribution in [0.15, 0.2) is 47.9 Å². The molecule has 1 heterocycles. The molecule has 0 atom stereocenters. The van der Waals surface area contributed by atoms with Gasteiger partial charge in [-0.1, -0.05) is 41.6 Å². The predicted molar refractivity (Wildman–Crippen MR) is 106 cm³/mol. The van der Waals surface area contributed by atoms with Crippen LogP contribution in [0.2, 0.25) is 5.02 Å². The number of aryl methyl sites for hydroxylation is 3. The van der Waals surface area contributed by atoms with Crippen molar-refractivity contribution in [3.05, 3.63) is 64.4 Å². The van der Waals surface area contributed by atoms with Crippen LogP contribution in [-0.4, -0.2) is 26.4 Å². The van der Waals surface area contributed by atoms with E-state index < -0.39 is 0 Å². The van der Waals surface area contributed by atoms with Crippen molar-refractivity contribution < 1.29 is 4.79 Å². The zero-order valence-electron chi connectivity index (χ0n) is 14.8. The van der Waals surface area contributed by atoms with Crippen LogP contribution in [0.1, 0.15) is 16.7 Å². The molecule has 0 unspecified atom stereocenters. The predicted octanol–water partition coefficient (Wildman–Crippen LogP) is 4.58. The summed E-state index contributed by atoms with van der Waals surface area (Å²) in [5.74, 6) is 0.159. The number of amides is 1. The highest BCUT2D eigenvalue weighted by atomic mass is 35.5. The molecule has 0 aliphatic carbocycles. The van der Waals surface area contributed by atoms with Crippen molar-refractivity contribution >= 4 is 35.0 Å². The van der Waals surface area contributed by atoms with Crippen molar-refractivity contribution in [2.45, 2.75) is 25.9 Å². The van der Waals surface area contributed by atoms with E-state index in [-0.39, 0.29) is 11.7 Å². The second-order valence-corrected chi connectivity index (χ2v) is 7.42. The highest BCUT2D eigenvalue weighted by Crippen LogP contribution is 2.24. The molecule has 1 amide bonds. The molecular weight excluding hydrogens is 368 g/mol. The average molecular weight is 387 g/mol. The lowest BCUT2D eigenvalue weighted by atomic mass is 10.1. The van der Waals surface area contributed by atoms with Gasteiger partial charge in [0, 0.05) is 10.7 Å². The number of aromatic nitrogens is 3. The molecule has 2 aromatic carbocycles. The third-order valence-electron chi connectivity index (χ3n) is 3.95. The molecule has 5 nitrogen and oxygen atoms in total. The van der Waals surface area contributed by atoms with E-state index >= 15 is 0 Å². The molecule has 7 heteroatoms. The minimum atomic E-state index is -0.0832. The molecule has 0 aliphatic rings. The van der Waals surface area contributed by atoms with Gasteiger partial charge in [0.15, 0.2) is 5.16 Å². The fourth-order valence-corrected chi connectivity index (χ4v) is 3.32. The molecule has 0 saturated heterocycles. The monoisotopic (exact) mass is 386 g/mol. The van der Waals surface area contributed by atoms with Crippen LogP contribution in [0.5, 0.6) is 0 Å². The summed E-state index contributed by atoms with van der Waals surface area (Å²) in [6.07, 6.45) is 1.62. The van der Waals surface area contributed by atoms with E-state index in [0.29, 0.717) is 10.2 Å². The normalized spacial score (nSPS) is 10.8. The van der Waals surface area contributed by atoms with Crippen LogP contribution < -0.4 is 5.32 Å². The summed E-state index contributed by atoms with van der Waals surface area (Å²) in [6, 6.07) is 11.7. The van der Waals surface area contributed by atoms with Gasteiger partial charge in [0.2, 0.25) is 5.91 Å². The summed E-state index contributed by atoms with van der Waals surface area (Å²) in [5.41, 5.74) is 4.84. The molecule has 1 aromatic heterocycles. The molecule has 0 fully saturated rings. The van der Waals surface area contributed by atoms with E-state index in [0.717, 1.165) is 28.1 Å². The van der Waals surface area contributed by atoms with Gasteiger partial charge in [-0.15, -0.1) is 10.2 Å². The lowest BCUT2D eigenvalue weighted by molar-refractivity contribution is -0.113. The molecular formula is C19H19ClN4OS. The Morgan fingerprint density at radius 3 is 2.69 bits per heavy atom. The van der Waals surface area contributed by atoms with Gasteiger partial charge in [-0.05, 0) is 55.7 Å². The first-order valence-corrected chi connectivity index (χ1v) is 9.47. The van der Waals surface area contributed by atoms with Crippen molar-refractivity contribution in [3.63, 3.8) is 0 Å². The average Bonchev–Trinajstić information content (AvgIpc) is 3.07. The number of rotatable bonds is 5. The number of thioether (sulfide) groups is 1. The molecule has 0 spiro atoms. The molecule has 0 radical (unpaired) electrons. The maximum atomic E-state index is 12.3. The van der Waals surface area contributed by atoms with Gasteiger partial charge in [-0.25, -0.2) is 0 Å². The Balaban J connectivity index is 1.69. The van der Waals surface area contributed by atoms with Crippen LogP contribution in [0.3, 0.4) is 0 Å². The highest BCUT2D eigenvalue weighted by molar-refractivity contribution is 7.99. The highest BCUT2D eigenvalue weighted by Gasteiger charge is 2.12. The maximum absolute atomic E-state index is 12.3. The second-order valence-electron chi connectivity index (χ2n) is 6.07. The summed E-state index contributed by atoms with van der Waals surface area (Å²) < 4.78 is 1.82. The quantitative estimate of drug-likeness (QED) is 0.652. The van der Waals surface area contributed by atoms with Crippen molar-refractivity contribution in [2.75, 3.05) is 11.1 Å². The summed E-state index contributed by atoms with van der Waals surface area (Å²) >= 11 is 7.53. The van der Waals surface area contributed by atoms with Gasteiger partial charge in [0.1, 0.15) is 6.33 Å². The summed E-state index contributed by atoms with van der Waals surface area (Å²) in [6.45, 7) is 5.92. The first kappa shape index (κ1) is 18.5. The second kappa shape index (κ2) is 7.93. The maximum Gasteiger partial charge on any atom is 0.234 e. The fourth-order valence-electron chi connectivity index (χ4n) is 2.42. The molecule has 0 saturated carbocycles. The first-order valence-electron chi connectivity index (χ1n) is 8.10. The zero-order chi connectivity index (χ0) is 18.7. The fraction of sp³-hybridized carbons (Fsp3) is 0.211. The minimum Gasteiger partial charge on any atom is -0.325 e. The van der Waals surface area contributed by atoms with Crippen molar-refractivity contribution in [3.8, 4) is 5.69 Å². The van der Waals surface area contributed by atoms with Crippen LogP contribution >= 0.6 is 23.4 Å². The number of carbonyl (C=O) groups is 1. The van der Waals surface area contributed by atoms with Gasteiger partial charge < -0.3 is 5.32 Å². The van der Waals surface area contributed by atoms with E-state index in [2.05, 4.69) is 15.5 Å². The van der Waals surface area contributed by atoms with Crippen molar-refractivity contribution in [2.24, 2.45) is 0 Å². The molecule has 134 valence electrons. The molecule has 3 rings (SSSR count). The Hall–Kier alpha value is -2.31. The summed E-state index contributed by atoms with van der Waals surface area (Å²) in [7, 11) is 0. The number of benzene rings is 2. The zero-order valence-corrected chi connectivity index (χ0v) is 16.4. The third-order valence-corrected chi connectivity index (χ3v) is 5.30. The SMILES string of the molecule is Cc1ccc(C)c(NC(=O)CSc2nncn2-c2ccc(C)c(Cl)c2)c1. The molecule has 3 aromatic rings. The Labute approximate surface area is 161 Å². The number of nitrogens with one attached hydrogen (secondary N) is 1.